The first-order valence-electron chi connectivity index (χ1n) is 8.47. The normalized spacial score (nSPS) is 13.2. The topological polar surface area (TPSA) is 84.5 Å². The minimum absolute atomic E-state index is 0.0388. The molecular weight excluding hydrogens is 320 g/mol. The zero-order chi connectivity index (χ0) is 19.0. The van der Waals surface area contributed by atoms with Gasteiger partial charge in [-0.15, -0.1) is 0 Å². The SMILES string of the molecule is CN[C@H](C(=O)C[C@@H](C)C(=O)Nc1ccc(COC(C)=O)cc1)C(C)C. The summed E-state index contributed by atoms with van der Waals surface area (Å²) in [7, 11) is 1.75. The minimum atomic E-state index is -0.414. The number of esters is 1. The Bertz CT molecular complexity index is 596. The average molecular weight is 348 g/mol. The van der Waals surface area contributed by atoms with Crippen molar-refractivity contribution < 1.29 is 19.1 Å². The number of ether oxygens (including phenoxy) is 1. The van der Waals surface area contributed by atoms with Crippen LogP contribution in [0.25, 0.3) is 0 Å². The summed E-state index contributed by atoms with van der Waals surface area (Å²) < 4.78 is 4.91. The molecule has 6 heteroatoms. The summed E-state index contributed by atoms with van der Waals surface area (Å²) in [5, 5.41) is 5.81. The van der Waals surface area contributed by atoms with Crippen molar-refractivity contribution in [2.75, 3.05) is 12.4 Å². The van der Waals surface area contributed by atoms with Gasteiger partial charge in [0, 0.05) is 24.9 Å². The molecule has 0 aromatic heterocycles. The molecule has 0 heterocycles. The third-order valence-corrected chi connectivity index (χ3v) is 3.94. The maximum atomic E-state index is 12.3. The van der Waals surface area contributed by atoms with Crippen molar-refractivity contribution in [1.29, 1.82) is 0 Å². The Morgan fingerprint density at radius 2 is 1.68 bits per heavy atom. The maximum absolute atomic E-state index is 12.3. The third-order valence-electron chi connectivity index (χ3n) is 3.94. The second-order valence-corrected chi connectivity index (χ2v) is 6.55. The van der Waals surface area contributed by atoms with E-state index in [4.69, 9.17) is 4.74 Å². The molecule has 1 rings (SSSR count). The largest absolute Gasteiger partial charge is 0.461 e. The molecule has 0 aliphatic rings. The summed E-state index contributed by atoms with van der Waals surface area (Å²) in [6, 6.07) is 6.82. The number of carbonyl (C=O) groups excluding carboxylic acids is 3. The molecule has 0 spiro atoms. The summed E-state index contributed by atoms with van der Waals surface area (Å²) in [4.78, 5) is 35.3. The Morgan fingerprint density at radius 3 is 2.16 bits per heavy atom. The molecule has 1 aromatic carbocycles. The molecule has 1 aromatic rings. The van der Waals surface area contributed by atoms with Crippen LogP contribution in [0.1, 0.15) is 39.7 Å². The number of nitrogens with one attached hydrogen (secondary N) is 2. The summed E-state index contributed by atoms with van der Waals surface area (Å²) in [6.45, 7) is 7.25. The van der Waals surface area contributed by atoms with E-state index in [0.717, 1.165) is 5.56 Å². The Kier molecular flexibility index (Phi) is 8.28. The van der Waals surface area contributed by atoms with E-state index in [-0.39, 0.29) is 42.6 Å². The first-order valence-corrected chi connectivity index (χ1v) is 8.47. The Hall–Kier alpha value is -2.21. The van der Waals surface area contributed by atoms with Crippen molar-refractivity contribution in [2.24, 2.45) is 11.8 Å². The Balaban J connectivity index is 2.57. The lowest BCUT2D eigenvalue weighted by Crippen LogP contribution is -2.40. The molecule has 138 valence electrons. The van der Waals surface area contributed by atoms with Gasteiger partial charge in [-0.05, 0) is 30.7 Å². The van der Waals surface area contributed by atoms with Gasteiger partial charge in [0.25, 0.3) is 0 Å². The molecule has 0 radical (unpaired) electrons. The zero-order valence-corrected chi connectivity index (χ0v) is 15.6. The number of benzene rings is 1. The number of hydrogen-bond acceptors (Lipinski definition) is 5. The number of ketones is 1. The number of rotatable bonds is 9. The van der Waals surface area contributed by atoms with Crippen molar-refractivity contribution in [3.63, 3.8) is 0 Å². The molecule has 6 nitrogen and oxygen atoms in total. The van der Waals surface area contributed by atoms with Gasteiger partial charge in [0.1, 0.15) is 6.61 Å². The molecule has 1 amide bonds. The van der Waals surface area contributed by atoms with Gasteiger partial charge in [0.2, 0.25) is 5.91 Å². The molecule has 0 saturated carbocycles. The third kappa shape index (κ3) is 7.05. The van der Waals surface area contributed by atoms with Crippen molar-refractivity contribution in [1.82, 2.24) is 5.32 Å². The van der Waals surface area contributed by atoms with Crippen molar-refractivity contribution in [3.8, 4) is 0 Å². The van der Waals surface area contributed by atoms with Gasteiger partial charge < -0.3 is 15.4 Å². The van der Waals surface area contributed by atoms with Crippen LogP contribution >= 0.6 is 0 Å². The molecule has 0 fully saturated rings. The van der Waals surface area contributed by atoms with Gasteiger partial charge >= 0.3 is 5.97 Å². The highest BCUT2D eigenvalue weighted by Crippen LogP contribution is 2.15. The average Bonchev–Trinajstić information content (AvgIpc) is 2.54. The Labute approximate surface area is 149 Å². The van der Waals surface area contributed by atoms with Gasteiger partial charge in [0.15, 0.2) is 5.78 Å². The van der Waals surface area contributed by atoms with E-state index < -0.39 is 5.92 Å². The monoisotopic (exact) mass is 348 g/mol. The predicted octanol–water partition coefficient (Wildman–Crippen LogP) is 2.53. The van der Waals surface area contributed by atoms with E-state index in [1.807, 2.05) is 13.8 Å². The van der Waals surface area contributed by atoms with Crippen molar-refractivity contribution in [3.05, 3.63) is 29.8 Å². The van der Waals surface area contributed by atoms with Crippen LogP contribution in [-0.4, -0.2) is 30.7 Å². The molecule has 0 aliphatic heterocycles. The highest BCUT2D eigenvalue weighted by molar-refractivity contribution is 5.96. The van der Waals surface area contributed by atoms with Crippen LogP contribution in [0.5, 0.6) is 0 Å². The second-order valence-electron chi connectivity index (χ2n) is 6.55. The lowest BCUT2D eigenvalue weighted by atomic mass is 9.93. The van der Waals surface area contributed by atoms with Gasteiger partial charge in [0.05, 0.1) is 6.04 Å². The highest BCUT2D eigenvalue weighted by atomic mass is 16.5. The maximum Gasteiger partial charge on any atom is 0.302 e. The van der Waals surface area contributed by atoms with Gasteiger partial charge in [-0.2, -0.15) is 0 Å². The van der Waals surface area contributed by atoms with Crippen LogP contribution in [0.15, 0.2) is 24.3 Å². The van der Waals surface area contributed by atoms with E-state index in [2.05, 4.69) is 10.6 Å². The number of amides is 1. The van der Waals surface area contributed by atoms with Crippen molar-refractivity contribution in [2.45, 2.75) is 46.8 Å². The quantitative estimate of drug-likeness (QED) is 0.670. The molecule has 0 unspecified atom stereocenters. The van der Waals surface area contributed by atoms with Crippen LogP contribution in [0.3, 0.4) is 0 Å². The van der Waals surface area contributed by atoms with Gasteiger partial charge in [-0.3, -0.25) is 14.4 Å². The van der Waals surface area contributed by atoms with Crippen LogP contribution in [0.2, 0.25) is 0 Å². The highest BCUT2D eigenvalue weighted by Gasteiger charge is 2.24. The number of carbonyl (C=O) groups is 3. The summed E-state index contributed by atoms with van der Waals surface area (Å²) in [5.74, 6) is -0.728. The van der Waals surface area contributed by atoms with Crippen LogP contribution in [0, 0.1) is 11.8 Å². The lowest BCUT2D eigenvalue weighted by Gasteiger charge is -2.20. The fourth-order valence-corrected chi connectivity index (χ4v) is 2.52. The van der Waals surface area contributed by atoms with E-state index >= 15 is 0 Å². The summed E-state index contributed by atoms with van der Waals surface area (Å²) in [6.07, 6.45) is 0.194. The number of hydrogen-bond donors (Lipinski definition) is 2. The molecular formula is C19H28N2O4. The number of Topliss-reactive ketones (excluding diaryl/α,β-unsaturated/α-hetero) is 1. The minimum Gasteiger partial charge on any atom is -0.461 e. The number of anilines is 1. The fraction of sp³-hybridized carbons (Fsp3) is 0.526. The summed E-state index contributed by atoms with van der Waals surface area (Å²) in [5.41, 5.74) is 1.48. The van der Waals surface area contributed by atoms with E-state index in [9.17, 15) is 14.4 Å². The van der Waals surface area contributed by atoms with E-state index in [1.165, 1.54) is 6.92 Å². The van der Waals surface area contributed by atoms with Crippen molar-refractivity contribution >= 4 is 23.3 Å². The fourth-order valence-electron chi connectivity index (χ4n) is 2.52. The lowest BCUT2D eigenvalue weighted by molar-refractivity contribution is -0.142. The van der Waals surface area contributed by atoms with Crippen LogP contribution < -0.4 is 10.6 Å². The van der Waals surface area contributed by atoms with Crippen LogP contribution in [-0.2, 0) is 25.7 Å². The van der Waals surface area contributed by atoms with E-state index in [0.29, 0.717) is 5.69 Å². The molecule has 0 saturated heterocycles. The first-order chi connectivity index (χ1) is 11.7. The van der Waals surface area contributed by atoms with Gasteiger partial charge in [-0.25, -0.2) is 0 Å². The second kappa shape index (κ2) is 9.93. The number of likely N-dealkylation sites (N-methyl/N-ethyl adjacent to an activating group) is 1. The standard InChI is InChI=1S/C19H28N2O4/c1-12(2)18(20-5)17(23)10-13(3)19(24)21-16-8-6-15(7-9-16)11-25-14(4)22/h6-9,12-13,18,20H,10-11H2,1-5H3,(H,21,24)/t13-,18+/m1/s1. The first kappa shape index (κ1) is 20.8. The summed E-state index contributed by atoms with van der Waals surface area (Å²) >= 11 is 0. The molecule has 0 bridgehead atoms. The zero-order valence-electron chi connectivity index (χ0n) is 15.6. The molecule has 2 atom stereocenters. The smallest absolute Gasteiger partial charge is 0.302 e. The predicted molar refractivity (Wildman–Crippen MR) is 97.0 cm³/mol. The molecule has 2 N–H and O–H groups in total. The van der Waals surface area contributed by atoms with Crippen LogP contribution in [0.4, 0.5) is 5.69 Å². The molecule has 0 aliphatic carbocycles. The molecule has 25 heavy (non-hydrogen) atoms. The van der Waals surface area contributed by atoms with Gasteiger partial charge in [-0.1, -0.05) is 32.9 Å². The van der Waals surface area contributed by atoms with E-state index in [1.54, 1.807) is 38.2 Å². The Morgan fingerprint density at radius 1 is 1.08 bits per heavy atom.